The molecule has 2 aromatic rings. The number of nitrogens with one attached hydrogen (secondary N) is 1. The normalized spacial score (nSPS) is 18.5. The second-order valence-electron chi connectivity index (χ2n) is 7.91. The molecule has 0 saturated heterocycles. The Hall–Kier alpha value is -3.62. The number of imide groups is 1. The minimum atomic E-state index is -0.578. The number of hydrogen-bond acceptors (Lipinski definition) is 6. The van der Waals surface area contributed by atoms with Gasteiger partial charge < -0.3 is 10.2 Å². The van der Waals surface area contributed by atoms with Gasteiger partial charge in [0.2, 0.25) is 5.91 Å². The summed E-state index contributed by atoms with van der Waals surface area (Å²) in [5, 5.41) is 2.63. The van der Waals surface area contributed by atoms with Crippen LogP contribution in [0.2, 0.25) is 0 Å². The van der Waals surface area contributed by atoms with Crippen LogP contribution in [-0.4, -0.2) is 56.6 Å². The minimum absolute atomic E-state index is 0.00587. The Labute approximate surface area is 177 Å². The maximum Gasteiger partial charge on any atom is 0.277 e. The van der Waals surface area contributed by atoms with Crippen molar-refractivity contribution in [2.24, 2.45) is 0 Å². The first-order chi connectivity index (χ1) is 15.0. The second-order valence-corrected chi connectivity index (χ2v) is 7.91. The van der Waals surface area contributed by atoms with Crippen LogP contribution in [0.15, 0.2) is 48.1 Å². The number of anilines is 1. The molecule has 0 bridgehead atoms. The van der Waals surface area contributed by atoms with Crippen molar-refractivity contribution >= 4 is 23.4 Å². The van der Waals surface area contributed by atoms with Crippen LogP contribution in [-0.2, 0) is 14.4 Å². The summed E-state index contributed by atoms with van der Waals surface area (Å²) in [6, 6.07) is 4.58. The Morgan fingerprint density at radius 3 is 2.77 bits per heavy atom. The third-order valence-electron chi connectivity index (χ3n) is 5.66. The van der Waals surface area contributed by atoms with E-state index in [1.54, 1.807) is 23.2 Å². The van der Waals surface area contributed by atoms with Crippen molar-refractivity contribution in [1.29, 1.82) is 0 Å². The maximum atomic E-state index is 14.5. The highest BCUT2D eigenvalue weighted by molar-refractivity contribution is 6.19. The Bertz CT molecular complexity index is 1110. The molecule has 4 heterocycles. The van der Waals surface area contributed by atoms with Crippen LogP contribution in [0.5, 0.6) is 0 Å². The van der Waals surface area contributed by atoms with Crippen LogP contribution < -0.4 is 5.32 Å². The van der Waals surface area contributed by atoms with Crippen molar-refractivity contribution in [3.8, 4) is 11.3 Å². The fourth-order valence-corrected chi connectivity index (χ4v) is 4.11. The molecule has 8 nitrogen and oxygen atoms in total. The van der Waals surface area contributed by atoms with Gasteiger partial charge in [-0.2, -0.15) is 0 Å². The first kappa shape index (κ1) is 19.3. The molecule has 1 N–H and O–H groups in total. The lowest BCUT2D eigenvalue weighted by Gasteiger charge is -2.28. The van der Waals surface area contributed by atoms with E-state index in [9.17, 15) is 18.8 Å². The highest BCUT2D eigenvalue weighted by Gasteiger charge is 2.48. The van der Waals surface area contributed by atoms with E-state index in [2.05, 4.69) is 15.3 Å². The van der Waals surface area contributed by atoms with Crippen molar-refractivity contribution in [3.63, 3.8) is 0 Å². The van der Waals surface area contributed by atoms with Crippen LogP contribution in [0, 0.1) is 5.82 Å². The molecule has 0 unspecified atom stereocenters. The van der Waals surface area contributed by atoms with Crippen LogP contribution >= 0.6 is 0 Å². The van der Waals surface area contributed by atoms with Crippen LogP contribution in [0.25, 0.3) is 11.3 Å². The summed E-state index contributed by atoms with van der Waals surface area (Å²) in [5.74, 6) is -1.51. The molecular formula is C22H20FN5O3. The molecule has 2 aliphatic heterocycles. The Balaban J connectivity index is 1.29. The van der Waals surface area contributed by atoms with E-state index in [1.165, 1.54) is 23.4 Å². The summed E-state index contributed by atoms with van der Waals surface area (Å²) in [6.07, 6.45) is 7.40. The molecule has 158 valence electrons. The molecule has 0 radical (unpaired) electrons. The summed E-state index contributed by atoms with van der Waals surface area (Å²) < 4.78 is 14.5. The quantitative estimate of drug-likeness (QED) is 0.743. The number of rotatable bonds is 5. The molecule has 0 aromatic carbocycles. The lowest BCUT2D eigenvalue weighted by atomic mass is 10.0. The topological polar surface area (TPSA) is 95.5 Å². The van der Waals surface area contributed by atoms with Gasteiger partial charge in [0.1, 0.15) is 11.4 Å². The van der Waals surface area contributed by atoms with E-state index in [1.807, 2.05) is 0 Å². The van der Waals surface area contributed by atoms with Crippen LogP contribution in [0.1, 0.15) is 25.7 Å². The van der Waals surface area contributed by atoms with Crippen molar-refractivity contribution in [2.45, 2.75) is 31.7 Å². The zero-order valence-electron chi connectivity index (χ0n) is 16.7. The van der Waals surface area contributed by atoms with E-state index in [0.717, 1.165) is 12.8 Å². The highest BCUT2D eigenvalue weighted by Crippen LogP contribution is 2.38. The summed E-state index contributed by atoms with van der Waals surface area (Å²) in [4.78, 5) is 49.1. The van der Waals surface area contributed by atoms with Crippen molar-refractivity contribution < 1.29 is 18.8 Å². The first-order valence-electron chi connectivity index (χ1n) is 10.2. The number of carbonyl (C=O) groups excluding carboxylic acids is 3. The smallest absolute Gasteiger partial charge is 0.277 e. The number of aromatic nitrogens is 2. The molecule has 1 fully saturated rings. The first-order valence-corrected chi connectivity index (χ1v) is 10.2. The third-order valence-corrected chi connectivity index (χ3v) is 5.66. The average Bonchev–Trinajstić information content (AvgIpc) is 3.55. The summed E-state index contributed by atoms with van der Waals surface area (Å²) >= 11 is 0. The largest absolute Gasteiger partial charge is 0.357 e. The molecule has 1 saturated carbocycles. The van der Waals surface area contributed by atoms with Gasteiger partial charge in [-0.25, -0.2) is 4.39 Å². The number of amides is 3. The monoisotopic (exact) mass is 421 g/mol. The Kier molecular flexibility index (Phi) is 4.72. The number of hydrogen-bond donors (Lipinski definition) is 1. The SMILES string of the molecule is O=C(CN1CCCC2=C1C(=O)N(C1CC1)C2=O)Nc1cnc(-c2cccnc2)c(F)c1. The second kappa shape index (κ2) is 7.57. The maximum absolute atomic E-state index is 14.5. The van der Waals surface area contributed by atoms with Gasteiger partial charge in [0, 0.05) is 42.2 Å². The van der Waals surface area contributed by atoms with Gasteiger partial charge in [-0.15, -0.1) is 0 Å². The molecule has 5 rings (SSSR count). The van der Waals surface area contributed by atoms with Gasteiger partial charge in [-0.05, 0) is 37.8 Å². The zero-order valence-corrected chi connectivity index (χ0v) is 16.7. The van der Waals surface area contributed by atoms with Crippen LogP contribution in [0.4, 0.5) is 10.1 Å². The van der Waals surface area contributed by atoms with Gasteiger partial charge in [0.05, 0.1) is 18.4 Å². The van der Waals surface area contributed by atoms with E-state index in [-0.39, 0.29) is 35.8 Å². The number of halogens is 1. The molecule has 3 amide bonds. The van der Waals surface area contributed by atoms with E-state index in [4.69, 9.17) is 0 Å². The summed E-state index contributed by atoms with van der Waals surface area (Å²) in [5.41, 5.74) is 1.75. The van der Waals surface area contributed by atoms with Gasteiger partial charge in [0.25, 0.3) is 11.8 Å². The predicted molar refractivity (Wildman–Crippen MR) is 109 cm³/mol. The van der Waals surface area contributed by atoms with Gasteiger partial charge in [-0.1, -0.05) is 0 Å². The van der Waals surface area contributed by atoms with Crippen LogP contribution in [0.3, 0.4) is 0 Å². The van der Waals surface area contributed by atoms with E-state index in [0.29, 0.717) is 36.2 Å². The molecule has 9 heteroatoms. The minimum Gasteiger partial charge on any atom is -0.357 e. The van der Waals surface area contributed by atoms with Crippen molar-refractivity contribution in [1.82, 2.24) is 19.8 Å². The number of carbonyl (C=O) groups is 3. The Morgan fingerprint density at radius 2 is 2.06 bits per heavy atom. The van der Waals surface area contributed by atoms with Crippen molar-refractivity contribution in [2.75, 3.05) is 18.4 Å². The van der Waals surface area contributed by atoms with Gasteiger partial charge >= 0.3 is 0 Å². The number of pyridine rings is 2. The third kappa shape index (κ3) is 3.56. The molecule has 0 spiro atoms. The van der Waals surface area contributed by atoms with Gasteiger partial charge in [0.15, 0.2) is 5.82 Å². The summed E-state index contributed by atoms with van der Waals surface area (Å²) in [7, 11) is 0. The lowest BCUT2D eigenvalue weighted by molar-refractivity contribution is -0.138. The highest BCUT2D eigenvalue weighted by atomic mass is 19.1. The standard InChI is InChI=1S/C22H20FN5O3/c23-17-9-14(11-25-19(17)13-3-1-7-24-10-13)26-18(29)12-27-8-2-4-16-20(27)22(31)28(21(16)30)15-5-6-15/h1,3,7,9-11,15H,2,4-6,8,12H2,(H,26,29). The molecule has 0 atom stereocenters. The number of nitrogens with zero attached hydrogens (tertiary/aromatic N) is 4. The Morgan fingerprint density at radius 1 is 1.23 bits per heavy atom. The molecule has 2 aromatic heterocycles. The summed E-state index contributed by atoms with van der Waals surface area (Å²) in [6.45, 7) is 0.415. The van der Waals surface area contributed by atoms with Crippen molar-refractivity contribution in [3.05, 3.63) is 53.9 Å². The molecule has 1 aliphatic carbocycles. The molecule has 3 aliphatic rings. The molecular weight excluding hydrogens is 401 g/mol. The fraction of sp³-hybridized carbons (Fsp3) is 0.318. The average molecular weight is 421 g/mol. The molecule has 31 heavy (non-hydrogen) atoms. The van der Waals surface area contributed by atoms with E-state index < -0.39 is 11.7 Å². The lowest BCUT2D eigenvalue weighted by Crippen LogP contribution is -2.40. The predicted octanol–water partition coefficient (Wildman–Crippen LogP) is 2.10. The van der Waals surface area contributed by atoms with E-state index >= 15 is 0 Å². The fourth-order valence-electron chi connectivity index (χ4n) is 4.11. The zero-order chi connectivity index (χ0) is 21.5. The van der Waals surface area contributed by atoms with Gasteiger partial charge in [-0.3, -0.25) is 29.3 Å².